The summed E-state index contributed by atoms with van der Waals surface area (Å²) in [6, 6.07) is 5.21. The Morgan fingerprint density at radius 2 is 2.19 bits per heavy atom. The number of hydrogen-bond acceptors (Lipinski definition) is 3. The fourth-order valence-electron chi connectivity index (χ4n) is 1.22. The molecule has 0 saturated carbocycles. The van der Waals surface area contributed by atoms with Crippen LogP contribution >= 0.6 is 28.1 Å². The maximum absolute atomic E-state index is 11.7. The Balaban J connectivity index is 2.77. The smallest absolute Gasteiger partial charge is 0.163 e. The number of Topliss-reactive ketones (excluding diaryl/α,β-unsaturated/α-hetero) is 1. The fourth-order valence-corrected chi connectivity index (χ4v) is 1.86. The Morgan fingerprint density at radius 3 is 2.69 bits per heavy atom. The van der Waals surface area contributed by atoms with Crippen molar-refractivity contribution in [2.24, 2.45) is 5.73 Å². The molecule has 2 N–H and O–H groups in total. The number of ketones is 1. The number of hydrogen-bond donors (Lipinski definition) is 1. The second-order valence-corrected chi connectivity index (χ2v) is 4.62. The zero-order valence-electron chi connectivity index (χ0n) is 8.83. The molecular formula is C11H12BrNO2S. The highest BCUT2D eigenvalue weighted by atomic mass is 79.9. The van der Waals surface area contributed by atoms with Gasteiger partial charge in [-0.05, 0) is 34.1 Å². The first-order chi connectivity index (χ1) is 7.54. The first-order valence-corrected chi connectivity index (χ1v) is 5.89. The van der Waals surface area contributed by atoms with E-state index in [2.05, 4.69) is 15.9 Å². The average Bonchev–Trinajstić information content (AvgIpc) is 2.25. The Labute approximate surface area is 108 Å². The fraction of sp³-hybridized carbons (Fsp3) is 0.273. The van der Waals surface area contributed by atoms with Gasteiger partial charge in [-0.3, -0.25) is 4.79 Å². The number of rotatable bonds is 5. The van der Waals surface area contributed by atoms with Crippen molar-refractivity contribution in [2.45, 2.75) is 12.8 Å². The van der Waals surface area contributed by atoms with Crippen LogP contribution in [-0.2, 0) is 0 Å². The molecule has 0 aromatic heterocycles. The summed E-state index contributed by atoms with van der Waals surface area (Å²) in [4.78, 5) is 12.1. The number of ether oxygens (including phenoxy) is 1. The molecule has 0 aliphatic carbocycles. The van der Waals surface area contributed by atoms with E-state index in [9.17, 15) is 4.79 Å². The molecule has 1 aromatic carbocycles. The van der Waals surface area contributed by atoms with E-state index in [1.807, 2.05) is 0 Å². The van der Waals surface area contributed by atoms with Crippen LogP contribution in [0.3, 0.4) is 0 Å². The minimum absolute atomic E-state index is 0.0242. The van der Waals surface area contributed by atoms with Crippen molar-refractivity contribution < 1.29 is 9.53 Å². The van der Waals surface area contributed by atoms with E-state index in [0.29, 0.717) is 29.1 Å². The normalized spacial score (nSPS) is 9.88. The molecule has 1 rings (SSSR count). The highest BCUT2D eigenvalue weighted by molar-refractivity contribution is 9.10. The second kappa shape index (κ2) is 5.96. The molecule has 0 amide bonds. The van der Waals surface area contributed by atoms with Gasteiger partial charge in [-0.25, -0.2) is 0 Å². The Kier molecular flexibility index (Phi) is 4.89. The van der Waals surface area contributed by atoms with E-state index >= 15 is 0 Å². The molecule has 0 bridgehead atoms. The Bertz CT molecular complexity index is 420. The van der Waals surface area contributed by atoms with Crippen LogP contribution in [0, 0.1) is 0 Å². The Morgan fingerprint density at radius 1 is 1.50 bits per heavy atom. The quantitative estimate of drug-likeness (QED) is 0.671. The third-order valence-corrected chi connectivity index (χ3v) is 2.90. The van der Waals surface area contributed by atoms with Gasteiger partial charge in [0.25, 0.3) is 0 Å². The van der Waals surface area contributed by atoms with Gasteiger partial charge in [-0.1, -0.05) is 12.2 Å². The molecule has 3 nitrogen and oxygen atoms in total. The SMILES string of the molecule is COc1ccc(C(=O)CCC(N)=S)cc1Br. The molecular weight excluding hydrogens is 290 g/mol. The van der Waals surface area contributed by atoms with Crippen LogP contribution < -0.4 is 10.5 Å². The predicted octanol–water partition coefficient (Wildman–Crippen LogP) is 2.71. The van der Waals surface area contributed by atoms with E-state index in [1.54, 1.807) is 25.3 Å². The third-order valence-electron chi connectivity index (χ3n) is 2.07. The molecule has 0 aliphatic rings. The lowest BCUT2D eigenvalue weighted by Gasteiger charge is -2.05. The second-order valence-electron chi connectivity index (χ2n) is 3.24. The van der Waals surface area contributed by atoms with Gasteiger partial charge in [0.15, 0.2) is 5.78 Å². The molecule has 0 radical (unpaired) electrons. The van der Waals surface area contributed by atoms with Gasteiger partial charge in [0.1, 0.15) is 5.75 Å². The molecule has 0 fully saturated rings. The van der Waals surface area contributed by atoms with Gasteiger partial charge in [0, 0.05) is 18.4 Å². The van der Waals surface area contributed by atoms with Crippen molar-refractivity contribution in [2.75, 3.05) is 7.11 Å². The summed E-state index contributed by atoms with van der Waals surface area (Å²) >= 11 is 8.05. The minimum Gasteiger partial charge on any atom is -0.496 e. The van der Waals surface area contributed by atoms with Crippen molar-refractivity contribution in [1.82, 2.24) is 0 Å². The number of carbonyl (C=O) groups is 1. The molecule has 0 unspecified atom stereocenters. The average molecular weight is 302 g/mol. The van der Waals surface area contributed by atoms with Crippen LogP contribution in [0.15, 0.2) is 22.7 Å². The summed E-state index contributed by atoms with van der Waals surface area (Å²) in [6.07, 6.45) is 0.784. The van der Waals surface area contributed by atoms with Gasteiger partial charge in [0.05, 0.1) is 16.6 Å². The van der Waals surface area contributed by atoms with Crippen LogP contribution in [0.2, 0.25) is 0 Å². The maximum Gasteiger partial charge on any atom is 0.163 e. The lowest BCUT2D eigenvalue weighted by Crippen LogP contribution is -2.10. The molecule has 5 heteroatoms. The van der Waals surface area contributed by atoms with Gasteiger partial charge in [-0.15, -0.1) is 0 Å². The van der Waals surface area contributed by atoms with Crippen molar-refractivity contribution in [3.05, 3.63) is 28.2 Å². The number of carbonyl (C=O) groups excluding carboxylic acids is 1. The third kappa shape index (κ3) is 3.57. The number of halogens is 1. The summed E-state index contributed by atoms with van der Waals surface area (Å²) in [7, 11) is 1.58. The van der Waals surface area contributed by atoms with Gasteiger partial charge >= 0.3 is 0 Å². The summed E-state index contributed by atoms with van der Waals surface area (Å²) in [5.74, 6) is 0.724. The number of nitrogens with two attached hydrogens (primary N) is 1. The lowest BCUT2D eigenvalue weighted by atomic mass is 10.1. The topological polar surface area (TPSA) is 52.3 Å². The van der Waals surface area contributed by atoms with Crippen molar-refractivity contribution in [3.8, 4) is 5.75 Å². The zero-order valence-corrected chi connectivity index (χ0v) is 11.2. The number of benzene rings is 1. The maximum atomic E-state index is 11.7. The van der Waals surface area contributed by atoms with Gasteiger partial charge in [0.2, 0.25) is 0 Å². The first-order valence-electron chi connectivity index (χ1n) is 4.69. The van der Waals surface area contributed by atoms with Crippen LogP contribution in [0.1, 0.15) is 23.2 Å². The Hall–Kier alpha value is -0.940. The van der Waals surface area contributed by atoms with E-state index in [1.165, 1.54) is 0 Å². The zero-order chi connectivity index (χ0) is 12.1. The lowest BCUT2D eigenvalue weighted by molar-refractivity contribution is 0.0985. The van der Waals surface area contributed by atoms with Crippen LogP contribution in [0.25, 0.3) is 0 Å². The van der Waals surface area contributed by atoms with Crippen molar-refractivity contribution in [1.29, 1.82) is 0 Å². The van der Waals surface area contributed by atoms with Crippen LogP contribution in [0.5, 0.6) is 5.75 Å². The highest BCUT2D eigenvalue weighted by Gasteiger charge is 2.09. The van der Waals surface area contributed by atoms with Gasteiger partial charge < -0.3 is 10.5 Å². The molecule has 1 aromatic rings. The van der Waals surface area contributed by atoms with E-state index in [-0.39, 0.29) is 5.78 Å². The molecule has 0 heterocycles. The van der Waals surface area contributed by atoms with Crippen molar-refractivity contribution >= 4 is 38.9 Å². The predicted molar refractivity (Wildman–Crippen MR) is 71.0 cm³/mol. The van der Waals surface area contributed by atoms with Gasteiger partial charge in [-0.2, -0.15) is 0 Å². The van der Waals surface area contributed by atoms with Crippen LogP contribution in [-0.4, -0.2) is 17.9 Å². The van der Waals surface area contributed by atoms with Crippen LogP contribution in [0.4, 0.5) is 0 Å². The molecule has 86 valence electrons. The standard InChI is InChI=1S/C11H12BrNO2S/c1-15-10-4-2-7(6-8(10)12)9(14)3-5-11(13)16/h2,4,6H,3,5H2,1H3,(H2,13,16). The molecule has 0 saturated heterocycles. The molecule has 0 atom stereocenters. The summed E-state index contributed by atoms with van der Waals surface area (Å²) < 4.78 is 5.84. The minimum atomic E-state index is 0.0242. The van der Waals surface area contributed by atoms with Crippen molar-refractivity contribution in [3.63, 3.8) is 0 Å². The first kappa shape index (κ1) is 13.1. The molecule has 0 aliphatic heterocycles. The monoisotopic (exact) mass is 301 g/mol. The summed E-state index contributed by atoms with van der Waals surface area (Å²) in [6.45, 7) is 0. The largest absolute Gasteiger partial charge is 0.496 e. The van der Waals surface area contributed by atoms with E-state index < -0.39 is 0 Å². The number of methoxy groups -OCH3 is 1. The number of thiocarbonyl (C=S) groups is 1. The van der Waals surface area contributed by atoms with E-state index in [4.69, 9.17) is 22.7 Å². The summed E-state index contributed by atoms with van der Waals surface area (Å²) in [5.41, 5.74) is 5.97. The molecule has 0 spiro atoms. The molecule has 16 heavy (non-hydrogen) atoms. The van der Waals surface area contributed by atoms with E-state index in [0.717, 1.165) is 4.47 Å². The highest BCUT2D eigenvalue weighted by Crippen LogP contribution is 2.26. The summed E-state index contributed by atoms with van der Waals surface area (Å²) in [5, 5.41) is 0.